The van der Waals surface area contributed by atoms with Gasteiger partial charge in [-0.2, -0.15) is 0 Å². The summed E-state index contributed by atoms with van der Waals surface area (Å²) in [7, 11) is -3.63. The van der Waals surface area contributed by atoms with Crippen LogP contribution in [0.5, 0.6) is 0 Å². The van der Waals surface area contributed by atoms with Gasteiger partial charge in [-0.25, -0.2) is 8.42 Å². The van der Waals surface area contributed by atoms with Crippen molar-refractivity contribution >= 4 is 21.8 Å². The molecule has 7 nitrogen and oxygen atoms in total. The van der Waals surface area contributed by atoms with Crippen LogP contribution in [0, 0.1) is 5.92 Å². The molecule has 1 aromatic carbocycles. The number of rotatable bonds is 5. The standard InChI is InChI=1S/C18H20N4O3S/c1-12(2)16(18(23)20-11-13-7-5-6-10-19-13)21-17-14-8-3-4-9-15(14)26(24,25)22-17/h3-10,12,16H,11H2,1-2H3,(H,20,23)(H,21,22). The molecular formula is C18H20N4O3S. The highest BCUT2D eigenvalue weighted by molar-refractivity contribution is 7.90. The van der Waals surface area contributed by atoms with Gasteiger partial charge in [0, 0.05) is 11.8 Å². The minimum absolute atomic E-state index is 0.108. The fourth-order valence-corrected chi connectivity index (χ4v) is 3.90. The zero-order chi connectivity index (χ0) is 18.7. The molecule has 2 aromatic rings. The molecule has 0 bridgehead atoms. The number of aliphatic imine (C=N–C) groups is 1. The average molecular weight is 372 g/mol. The van der Waals surface area contributed by atoms with Gasteiger partial charge in [-0.15, -0.1) is 0 Å². The number of carbonyl (C=O) groups excluding carboxylic acids is 1. The predicted molar refractivity (Wildman–Crippen MR) is 98.0 cm³/mol. The van der Waals surface area contributed by atoms with E-state index in [-0.39, 0.29) is 29.1 Å². The first kappa shape index (κ1) is 18.1. The Bertz CT molecular complexity index is 940. The highest BCUT2D eigenvalue weighted by Crippen LogP contribution is 2.23. The summed E-state index contributed by atoms with van der Waals surface area (Å²) in [5.41, 5.74) is 1.22. The molecule has 1 unspecified atom stereocenters. The van der Waals surface area contributed by atoms with E-state index >= 15 is 0 Å². The highest BCUT2D eigenvalue weighted by atomic mass is 32.2. The number of amides is 1. The Morgan fingerprint density at radius 2 is 1.92 bits per heavy atom. The van der Waals surface area contributed by atoms with Crippen molar-refractivity contribution in [2.45, 2.75) is 31.3 Å². The molecule has 2 heterocycles. The molecule has 26 heavy (non-hydrogen) atoms. The number of hydrogen-bond acceptors (Lipinski definition) is 5. The number of amidine groups is 1. The van der Waals surface area contributed by atoms with E-state index in [0.717, 1.165) is 5.69 Å². The van der Waals surface area contributed by atoms with E-state index in [9.17, 15) is 13.2 Å². The summed E-state index contributed by atoms with van der Waals surface area (Å²) in [5.74, 6) is -0.183. The van der Waals surface area contributed by atoms with Crippen LogP contribution >= 0.6 is 0 Å². The topological polar surface area (TPSA) is 101 Å². The van der Waals surface area contributed by atoms with Crippen LogP contribution in [0.15, 0.2) is 58.5 Å². The second-order valence-corrected chi connectivity index (χ2v) is 7.96. The molecule has 136 valence electrons. The molecule has 1 aliphatic rings. The molecular weight excluding hydrogens is 352 g/mol. The maximum Gasteiger partial charge on any atom is 0.263 e. The van der Waals surface area contributed by atoms with Crippen molar-refractivity contribution in [2.75, 3.05) is 0 Å². The number of benzene rings is 1. The molecule has 0 saturated carbocycles. The Kier molecular flexibility index (Phi) is 5.03. The van der Waals surface area contributed by atoms with Gasteiger partial charge in [0.05, 0.1) is 17.1 Å². The molecule has 0 aliphatic carbocycles. The van der Waals surface area contributed by atoms with Crippen LogP contribution in [0.4, 0.5) is 0 Å². The third-order valence-corrected chi connectivity index (χ3v) is 5.40. The van der Waals surface area contributed by atoms with Crippen molar-refractivity contribution < 1.29 is 13.2 Å². The van der Waals surface area contributed by atoms with Crippen molar-refractivity contribution in [3.8, 4) is 0 Å². The largest absolute Gasteiger partial charge is 0.349 e. The normalized spacial score (nSPS) is 17.6. The molecule has 0 saturated heterocycles. The lowest BCUT2D eigenvalue weighted by molar-refractivity contribution is -0.123. The Hall–Kier alpha value is -2.74. The van der Waals surface area contributed by atoms with E-state index in [1.165, 1.54) is 6.07 Å². The van der Waals surface area contributed by atoms with E-state index in [2.05, 4.69) is 20.0 Å². The first-order chi connectivity index (χ1) is 12.4. The SMILES string of the molecule is CC(C)C(N=C1NS(=O)(=O)c2ccccc21)C(=O)NCc1ccccn1. The van der Waals surface area contributed by atoms with Gasteiger partial charge in [0.15, 0.2) is 0 Å². The molecule has 1 aromatic heterocycles. The number of nitrogens with zero attached hydrogens (tertiary/aromatic N) is 2. The molecule has 8 heteroatoms. The average Bonchev–Trinajstić information content (AvgIpc) is 2.89. The fourth-order valence-electron chi connectivity index (χ4n) is 2.66. The van der Waals surface area contributed by atoms with Crippen LogP contribution in [-0.2, 0) is 21.4 Å². The van der Waals surface area contributed by atoms with Gasteiger partial charge in [-0.05, 0) is 30.2 Å². The van der Waals surface area contributed by atoms with Gasteiger partial charge >= 0.3 is 0 Å². The lowest BCUT2D eigenvalue weighted by atomic mass is 10.0. The minimum Gasteiger partial charge on any atom is -0.349 e. The van der Waals surface area contributed by atoms with Crippen LogP contribution in [0.1, 0.15) is 25.1 Å². The Balaban J connectivity index is 1.83. The number of hydrogen-bond donors (Lipinski definition) is 2. The lowest BCUT2D eigenvalue weighted by Gasteiger charge is -2.17. The van der Waals surface area contributed by atoms with E-state index in [0.29, 0.717) is 5.56 Å². The predicted octanol–water partition coefficient (Wildman–Crippen LogP) is 1.46. The zero-order valence-electron chi connectivity index (χ0n) is 14.5. The van der Waals surface area contributed by atoms with Crippen molar-refractivity contribution in [1.82, 2.24) is 15.0 Å². The van der Waals surface area contributed by atoms with E-state index in [1.807, 2.05) is 26.0 Å². The number of fused-ring (bicyclic) bond motifs is 1. The monoisotopic (exact) mass is 372 g/mol. The van der Waals surface area contributed by atoms with Crippen molar-refractivity contribution in [2.24, 2.45) is 10.9 Å². The molecule has 0 spiro atoms. The molecule has 1 aliphatic heterocycles. The number of carbonyl (C=O) groups is 1. The number of nitrogens with one attached hydrogen (secondary N) is 2. The van der Waals surface area contributed by atoms with Gasteiger partial charge in [-0.1, -0.05) is 32.0 Å². The van der Waals surface area contributed by atoms with Crippen LogP contribution < -0.4 is 10.0 Å². The summed E-state index contributed by atoms with van der Waals surface area (Å²) in [6.07, 6.45) is 1.66. The third-order valence-electron chi connectivity index (χ3n) is 4.00. The third kappa shape index (κ3) is 3.75. The van der Waals surface area contributed by atoms with Crippen molar-refractivity contribution in [3.63, 3.8) is 0 Å². The first-order valence-corrected chi connectivity index (χ1v) is 9.74. The van der Waals surface area contributed by atoms with E-state index < -0.39 is 16.1 Å². The van der Waals surface area contributed by atoms with E-state index in [4.69, 9.17) is 0 Å². The Morgan fingerprint density at radius 1 is 1.19 bits per heavy atom. The van der Waals surface area contributed by atoms with Crippen molar-refractivity contribution in [1.29, 1.82) is 0 Å². The van der Waals surface area contributed by atoms with Gasteiger partial charge in [-0.3, -0.25) is 19.5 Å². The summed E-state index contributed by atoms with van der Waals surface area (Å²) in [4.78, 5) is 21.4. The number of sulfonamides is 1. The fraction of sp³-hybridized carbons (Fsp3) is 0.278. The maximum atomic E-state index is 12.6. The molecule has 1 amide bonds. The van der Waals surface area contributed by atoms with Gasteiger partial charge < -0.3 is 5.32 Å². The Labute approximate surface area is 152 Å². The van der Waals surface area contributed by atoms with Gasteiger partial charge in [0.2, 0.25) is 5.91 Å². The number of pyridine rings is 1. The molecule has 2 N–H and O–H groups in total. The summed E-state index contributed by atoms with van der Waals surface area (Å²) < 4.78 is 26.8. The van der Waals surface area contributed by atoms with Crippen LogP contribution in [0.3, 0.4) is 0 Å². The molecule has 0 radical (unpaired) electrons. The number of aromatic nitrogens is 1. The zero-order valence-corrected chi connectivity index (χ0v) is 15.3. The second kappa shape index (κ2) is 7.25. The summed E-state index contributed by atoms with van der Waals surface area (Å²) in [6, 6.07) is 11.3. The van der Waals surface area contributed by atoms with Crippen LogP contribution in [0.2, 0.25) is 0 Å². The maximum absolute atomic E-state index is 12.6. The molecule has 3 rings (SSSR count). The van der Waals surface area contributed by atoms with Crippen LogP contribution in [-0.4, -0.2) is 31.2 Å². The summed E-state index contributed by atoms with van der Waals surface area (Å²) in [6.45, 7) is 4.02. The Morgan fingerprint density at radius 3 is 2.62 bits per heavy atom. The second-order valence-electron chi connectivity index (χ2n) is 6.31. The highest BCUT2D eigenvalue weighted by Gasteiger charge is 2.32. The minimum atomic E-state index is -3.63. The summed E-state index contributed by atoms with van der Waals surface area (Å²) >= 11 is 0. The van der Waals surface area contributed by atoms with Crippen LogP contribution in [0.25, 0.3) is 0 Å². The van der Waals surface area contributed by atoms with Gasteiger partial charge in [0.25, 0.3) is 10.0 Å². The van der Waals surface area contributed by atoms with Gasteiger partial charge in [0.1, 0.15) is 11.9 Å². The van der Waals surface area contributed by atoms with E-state index in [1.54, 1.807) is 30.5 Å². The quantitative estimate of drug-likeness (QED) is 0.830. The molecule has 1 atom stereocenters. The van der Waals surface area contributed by atoms with Crippen molar-refractivity contribution in [3.05, 3.63) is 59.9 Å². The molecule has 0 fully saturated rings. The first-order valence-electron chi connectivity index (χ1n) is 8.26. The summed E-state index contributed by atoms with van der Waals surface area (Å²) in [5, 5.41) is 2.81. The smallest absolute Gasteiger partial charge is 0.263 e. The lowest BCUT2D eigenvalue weighted by Crippen LogP contribution is -2.38.